The Balaban J connectivity index is 1.40. The molecule has 0 amide bonds. The van der Waals surface area contributed by atoms with Gasteiger partial charge in [0.05, 0.1) is 7.11 Å². The van der Waals surface area contributed by atoms with Gasteiger partial charge in [-0.05, 0) is 54.8 Å². The molecule has 0 aromatic heterocycles. The molecule has 1 heterocycles. The van der Waals surface area contributed by atoms with E-state index in [1.165, 1.54) is 11.1 Å². The number of nitrogens with two attached hydrogens (primary N) is 1. The Morgan fingerprint density at radius 3 is 2.88 bits per heavy atom. The molecule has 3 rings (SSSR count). The summed E-state index contributed by atoms with van der Waals surface area (Å²) in [5.41, 5.74) is 8.63. The standard InChI is InChI=1S/C19H24N2O3/c1-22-17-4-2-3-15(10-17)12-21-8-7-16(20)9-14-5-6-18-19(11-14)24-13-23-18/h2-6,10-11,16,21H,7-9,12-13,20H2,1H3/t16-/m1/s1. The fourth-order valence-corrected chi connectivity index (χ4v) is 2.78. The molecule has 1 aliphatic heterocycles. The van der Waals surface area contributed by atoms with Crippen molar-refractivity contribution in [2.45, 2.75) is 25.4 Å². The molecule has 3 N–H and O–H groups in total. The molecule has 5 nitrogen and oxygen atoms in total. The summed E-state index contributed by atoms with van der Waals surface area (Å²) in [6.07, 6.45) is 1.75. The molecule has 0 saturated heterocycles. The molecule has 2 aromatic carbocycles. The molecule has 0 aliphatic carbocycles. The molecule has 24 heavy (non-hydrogen) atoms. The second-order valence-electron chi connectivity index (χ2n) is 5.97. The van der Waals surface area contributed by atoms with Crippen LogP contribution >= 0.6 is 0 Å². The van der Waals surface area contributed by atoms with Crippen LogP contribution in [0, 0.1) is 0 Å². The van der Waals surface area contributed by atoms with Crippen LogP contribution in [0.25, 0.3) is 0 Å². The third kappa shape index (κ3) is 4.40. The first-order valence-corrected chi connectivity index (χ1v) is 8.22. The fraction of sp³-hybridized carbons (Fsp3) is 0.368. The van der Waals surface area contributed by atoms with Crippen molar-refractivity contribution in [1.82, 2.24) is 5.32 Å². The third-order valence-corrected chi connectivity index (χ3v) is 4.09. The molecule has 0 bridgehead atoms. The van der Waals surface area contributed by atoms with Crippen LogP contribution in [0.3, 0.4) is 0 Å². The molecule has 0 radical (unpaired) electrons. The van der Waals surface area contributed by atoms with Gasteiger partial charge in [-0.1, -0.05) is 18.2 Å². The first-order chi connectivity index (χ1) is 11.7. The minimum Gasteiger partial charge on any atom is -0.497 e. The van der Waals surface area contributed by atoms with Crippen molar-refractivity contribution in [3.63, 3.8) is 0 Å². The lowest BCUT2D eigenvalue weighted by Gasteiger charge is -2.13. The fourth-order valence-electron chi connectivity index (χ4n) is 2.78. The van der Waals surface area contributed by atoms with E-state index in [1.54, 1.807) is 7.11 Å². The van der Waals surface area contributed by atoms with E-state index >= 15 is 0 Å². The zero-order chi connectivity index (χ0) is 16.8. The summed E-state index contributed by atoms with van der Waals surface area (Å²) in [7, 11) is 1.68. The summed E-state index contributed by atoms with van der Waals surface area (Å²) in [4.78, 5) is 0. The zero-order valence-corrected chi connectivity index (χ0v) is 14.0. The quantitative estimate of drug-likeness (QED) is 0.729. The van der Waals surface area contributed by atoms with Gasteiger partial charge in [-0.15, -0.1) is 0 Å². The smallest absolute Gasteiger partial charge is 0.231 e. The normalized spacial score (nSPS) is 13.8. The Labute approximate surface area is 142 Å². The van der Waals surface area contributed by atoms with Gasteiger partial charge < -0.3 is 25.3 Å². The summed E-state index contributed by atoms with van der Waals surface area (Å²) in [6.45, 7) is 2.00. The van der Waals surface area contributed by atoms with Crippen molar-refractivity contribution in [1.29, 1.82) is 0 Å². The minimum absolute atomic E-state index is 0.114. The zero-order valence-electron chi connectivity index (χ0n) is 14.0. The highest BCUT2D eigenvalue weighted by atomic mass is 16.7. The molecule has 0 fully saturated rings. The highest BCUT2D eigenvalue weighted by Gasteiger charge is 2.14. The van der Waals surface area contributed by atoms with E-state index in [-0.39, 0.29) is 6.04 Å². The molecule has 5 heteroatoms. The van der Waals surface area contributed by atoms with Crippen LogP contribution in [0.1, 0.15) is 17.5 Å². The lowest BCUT2D eigenvalue weighted by molar-refractivity contribution is 0.174. The van der Waals surface area contributed by atoms with E-state index in [9.17, 15) is 0 Å². The summed E-state index contributed by atoms with van der Waals surface area (Å²) < 4.78 is 16.0. The Bertz CT molecular complexity index is 675. The van der Waals surface area contributed by atoms with Gasteiger partial charge >= 0.3 is 0 Å². The highest BCUT2D eigenvalue weighted by molar-refractivity contribution is 5.44. The maximum absolute atomic E-state index is 6.24. The van der Waals surface area contributed by atoms with Crippen LogP contribution in [0.2, 0.25) is 0 Å². The summed E-state index contributed by atoms with van der Waals surface area (Å²) in [6, 6.07) is 14.2. The number of hydrogen-bond acceptors (Lipinski definition) is 5. The van der Waals surface area contributed by atoms with Crippen molar-refractivity contribution in [3.05, 3.63) is 53.6 Å². The predicted molar refractivity (Wildman–Crippen MR) is 93.6 cm³/mol. The molecule has 0 unspecified atom stereocenters. The minimum atomic E-state index is 0.114. The van der Waals surface area contributed by atoms with Crippen LogP contribution in [-0.2, 0) is 13.0 Å². The average molecular weight is 328 g/mol. The van der Waals surface area contributed by atoms with E-state index in [0.29, 0.717) is 6.79 Å². The largest absolute Gasteiger partial charge is 0.497 e. The van der Waals surface area contributed by atoms with Gasteiger partial charge in [0.25, 0.3) is 0 Å². The number of benzene rings is 2. The van der Waals surface area contributed by atoms with Crippen molar-refractivity contribution in [2.75, 3.05) is 20.4 Å². The topological polar surface area (TPSA) is 65.7 Å². The number of methoxy groups -OCH3 is 1. The van der Waals surface area contributed by atoms with Crippen molar-refractivity contribution in [2.24, 2.45) is 5.73 Å². The molecule has 1 atom stereocenters. The van der Waals surface area contributed by atoms with Gasteiger partial charge in [-0.25, -0.2) is 0 Å². The molecule has 0 spiro atoms. The first kappa shape index (κ1) is 16.6. The van der Waals surface area contributed by atoms with Gasteiger partial charge in [0.15, 0.2) is 11.5 Å². The van der Waals surface area contributed by atoms with Crippen LogP contribution in [0.4, 0.5) is 0 Å². The van der Waals surface area contributed by atoms with Crippen LogP contribution in [0.5, 0.6) is 17.2 Å². The predicted octanol–water partition coefficient (Wildman–Crippen LogP) is 2.47. The lowest BCUT2D eigenvalue weighted by atomic mass is 10.0. The van der Waals surface area contributed by atoms with Crippen LogP contribution in [-0.4, -0.2) is 26.5 Å². The summed E-state index contributed by atoms with van der Waals surface area (Å²) in [5, 5.41) is 3.43. The van der Waals surface area contributed by atoms with Gasteiger partial charge in [0.1, 0.15) is 5.75 Å². The van der Waals surface area contributed by atoms with Crippen molar-refractivity contribution >= 4 is 0 Å². The number of hydrogen-bond donors (Lipinski definition) is 2. The molecule has 1 aliphatic rings. The Morgan fingerprint density at radius 1 is 1.12 bits per heavy atom. The monoisotopic (exact) mass is 328 g/mol. The number of nitrogens with one attached hydrogen (secondary N) is 1. The molecular formula is C19H24N2O3. The Kier molecular flexibility index (Phi) is 5.56. The summed E-state index contributed by atoms with van der Waals surface area (Å²) >= 11 is 0. The number of fused-ring (bicyclic) bond motifs is 1. The highest BCUT2D eigenvalue weighted by Crippen LogP contribution is 2.32. The maximum Gasteiger partial charge on any atom is 0.231 e. The molecule has 128 valence electrons. The third-order valence-electron chi connectivity index (χ3n) is 4.09. The molecular weight excluding hydrogens is 304 g/mol. The average Bonchev–Trinajstić information content (AvgIpc) is 3.06. The Morgan fingerprint density at radius 2 is 2.00 bits per heavy atom. The molecule has 2 aromatic rings. The SMILES string of the molecule is COc1cccc(CNCC[C@@H](N)Cc2ccc3c(c2)OCO3)c1. The lowest BCUT2D eigenvalue weighted by Crippen LogP contribution is -2.28. The second kappa shape index (κ2) is 8.04. The van der Waals surface area contributed by atoms with E-state index in [2.05, 4.69) is 17.4 Å². The van der Waals surface area contributed by atoms with E-state index in [0.717, 1.165) is 43.2 Å². The number of ether oxygens (including phenoxy) is 3. The van der Waals surface area contributed by atoms with Gasteiger partial charge in [0, 0.05) is 12.6 Å². The first-order valence-electron chi connectivity index (χ1n) is 8.22. The van der Waals surface area contributed by atoms with Crippen molar-refractivity contribution in [3.8, 4) is 17.2 Å². The van der Waals surface area contributed by atoms with E-state index in [1.807, 2.05) is 30.3 Å². The van der Waals surface area contributed by atoms with Crippen molar-refractivity contribution < 1.29 is 14.2 Å². The van der Waals surface area contributed by atoms with Crippen LogP contribution in [0.15, 0.2) is 42.5 Å². The second-order valence-corrected chi connectivity index (χ2v) is 5.97. The van der Waals surface area contributed by atoms with E-state index in [4.69, 9.17) is 19.9 Å². The van der Waals surface area contributed by atoms with Gasteiger partial charge in [0.2, 0.25) is 6.79 Å². The number of rotatable bonds is 8. The summed E-state index contributed by atoms with van der Waals surface area (Å²) in [5.74, 6) is 2.51. The Hall–Kier alpha value is -2.24. The van der Waals surface area contributed by atoms with E-state index < -0.39 is 0 Å². The molecule has 0 saturated carbocycles. The maximum atomic E-state index is 6.24. The van der Waals surface area contributed by atoms with Crippen LogP contribution < -0.4 is 25.3 Å². The van der Waals surface area contributed by atoms with Gasteiger partial charge in [-0.2, -0.15) is 0 Å². The van der Waals surface area contributed by atoms with Gasteiger partial charge in [-0.3, -0.25) is 0 Å².